The van der Waals surface area contributed by atoms with Crippen molar-refractivity contribution < 1.29 is 4.79 Å². The van der Waals surface area contributed by atoms with E-state index in [-0.39, 0.29) is 5.78 Å². The van der Waals surface area contributed by atoms with E-state index in [0.29, 0.717) is 23.6 Å². The molecule has 0 spiro atoms. The van der Waals surface area contributed by atoms with Crippen LogP contribution in [-0.2, 0) is 0 Å². The molecule has 0 aliphatic heterocycles. The Morgan fingerprint density at radius 1 is 1.28 bits per heavy atom. The number of carbonyl (C=O) groups excluding carboxylic acids is 1. The van der Waals surface area contributed by atoms with Crippen molar-refractivity contribution in [1.29, 1.82) is 0 Å². The lowest BCUT2D eigenvalue weighted by molar-refractivity contribution is 0.0987. The summed E-state index contributed by atoms with van der Waals surface area (Å²) in [5.74, 6) is 0.556. The Balaban J connectivity index is 0.000000771. The van der Waals surface area contributed by atoms with Gasteiger partial charge < -0.3 is 0 Å². The second-order valence-electron chi connectivity index (χ2n) is 3.40. The van der Waals surface area contributed by atoms with Crippen LogP contribution in [0.4, 0.5) is 0 Å². The first-order valence-electron chi connectivity index (χ1n) is 6.09. The Morgan fingerprint density at radius 3 is 2.44 bits per heavy atom. The normalized spacial score (nSPS) is 9.56. The Hall–Kier alpha value is -2.04. The standard InChI is InChI=1S/C11H12N4O.C2H6/c1-3-10(16)9-7-15(14-8(9)2)11-12-5-4-6-13-11;1-2/h4-7H,3H2,1-2H3;1-2H3. The summed E-state index contributed by atoms with van der Waals surface area (Å²) in [5.41, 5.74) is 1.34. The lowest BCUT2D eigenvalue weighted by Crippen LogP contribution is -2.00. The van der Waals surface area contributed by atoms with Gasteiger partial charge in [-0.3, -0.25) is 4.79 Å². The molecule has 0 aliphatic rings. The maximum Gasteiger partial charge on any atom is 0.250 e. The molecule has 0 amide bonds. The van der Waals surface area contributed by atoms with Crippen LogP contribution in [0.3, 0.4) is 0 Å². The third-order valence-electron chi connectivity index (χ3n) is 2.28. The van der Waals surface area contributed by atoms with Crippen LogP contribution < -0.4 is 0 Å². The smallest absolute Gasteiger partial charge is 0.250 e. The molecular formula is C13H18N4O. The highest BCUT2D eigenvalue weighted by molar-refractivity contribution is 5.96. The molecule has 0 atom stereocenters. The minimum atomic E-state index is 0.0830. The molecule has 2 aromatic heterocycles. The molecule has 0 aliphatic carbocycles. The van der Waals surface area contributed by atoms with Gasteiger partial charge in [-0.15, -0.1) is 0 Å². The van der Waals surface area contributed by atoms with Crippen LogP contribution >= 0.6 is 0 Å². The number of nitrogens with zero attached hydrogens (tertiary/aromatic N) is 4. The van der Waals surface area contributed by atoms with Crippen molar-refractivity contribution in [3.8, 4) is 5.95 Å². The quantitative estimate of drug-likeness (QED) is 0.781. The van der Waals surface area contributed by atoms with Crippen molar-refractivity contribution in [1.82, 2.24) is 19.7 Å². The molecule has 5 nitrogen and oxygen atoms in total. The number of ketones is 1. The Morgan fingerprint density at radius 2 is 1.89 bits per heavy atom. The van der Waals surface area contributed by atoms with E-state index in [4.69, 9.17) is 0 Å². The minimum Gasteiger partial charge on any atom is -0.294 e. The number of hydrogen-bond acceptors (Lipinski definition) is 4. The van der Waals surface area contributed by atoms with Gasteiger partial charge >= 0.3 is 0 Å². The van der Waals surface area contributed by atoms with Crippen molar-refractivity contribution >= 4 is 5.78 Å². The zero-order chi connectivity index (χ0) is 13.5. The van der Waals surface area contributed by atoms with Crippen LogP contribution in [0.15, 0.2) is 24.7 Å². The summed E-state index contributed by atoms with van der Waals surface area (Å²) in [5, 5.41) is 4.22. The first kappa shape index (κ1) is 14.0. The van der Waals surface area contributed by atoms with Gasteiger partial charge in [-0.2, -0.15) is 5.10 Å². The molecule has 5 heteroatoms. The highest BCUT2D eigenvalue weighted by Gasteiger charge is 2.12. The van der Waals surface area contributed by atoms with Crippen LogP contribution in [0.25, 0.3) is 5.95 Å². The summed E-state index contributed by atoms with van der Waals surface area (Å²) in [7, 11) is 0. The monoisotopic (exact) mass is 246 g/mol. The van der Waals surface area contributed by atoms with E-state index in [1.165, 1.54) is 4.68 Å². The van der Waals surface area contributed by atoms with Gasteiger partial charge in [0.1, 0.15) is 0 Å². The lowest BCUT2D eigenvalue weighted by atomic mass is 10.1. The van der Waals surface area contributed by atoms with Gasteiger partial charge in [0.05, 0.1) is 11.3 Å². The first-order valence-corrected chi connectivity index (χ1v) is 6.09. The maximum atomic E-state index is 11.6. The molecule has 0 fully saturated rings. The first-order chi connectivity index (χ1) is 8.72. The summed E-state index contributed by atoms with van der Waals surface area (Å²) < 4.78 is 1.53. The average Bonchev–Trinajstić information content (AvgIpc) is 2.83. The highest BCUT2D eigenvalue weighted by Crippen LogP contribution is 2.10. The van der Waals surface area contributed by atoms with Crippen LogP contribution in [-0.4, -0.2) is 25.5 Å². The molecule has 0 bridgehead atoms. The Bertz CT molecular complexity index is 505. The van der Waals surface area contributed by atoms with E-state index in [1.54, 1.807) is 24.7 Å². The van der Waals surface area contributed by atoms with E-state index in [9.17, 15) is 4.79 Å². The molecule has 18 heavy (non-hydrogen) atoms. The van der Waals surface area contributed by atoms with Gasteiger partial charge in [0, 0.05) is 25.0 Å². The van der Waals surface area contributed by atoms with Gasteiger partial charge in [-0.25, -0.2) is 14.6 Å². The summed E-state index contributed by atoms with van der Waals surface area (Å²) in [6, 6.07) is 1.73. The minimum absolute atomic E-state index is 0.0830. The van der Waals surface area contributed by atoms with Crippen LogP contribution in [0.5, 0.6) is 0 Å². The molecule has 96 valence electrons. The van der Waals surface area contributed by atoms with Crippen molar-refractivity contribution in [3.05, 3.63) is 35.9 Å². The fourth-order valence-corrected chi connectivity index (χ4v) is 1.44. The Labute approximate surface area is 107 Å². The highest BCUT2D eigenvalue weighted by atomic mass is 16.1. The predicted octanol–water partition coefficient (Wildman–Crippen LogP) is 2.59. The molecule has 0 N–H and O–H groups in total. The number of rotatable bonds is 3. The summed E-state index contributed by atoms with van der Waals surface area (Å²) in [6.07, 6.45) is 5.43. The molecule has 2 heterocycles. The van der Waals surface area contributed by atoms with E-state index in [0.717, 1.165) is 0 Å². The fraction of sp³-hybridized carbons (Fsp3) is 0.385. The van der Waals surface area contributed by atoms with Crippen molar-refractivity contribution in [2.75, 3.05) is 0 Å². The van der Waals surface area contributed by atoms with Crippen molar-refractivity contribution in [2.24, 2.45) is 0 Å². The summed E-state index contributed by atoms with van der Waals surface area (Å²) >= 11 is 0. The third-order valence-corrected chi connectivity index (χ3v) is 2.28. The molecule has 0 aromatic carbocycles. The van der Waals surface area contributed by atoms with Gasteiger partial charge in [-0.05, 0) is 13.0 Å². The molecule has 0 saturated carbocycles. The molecule has 0 saturated heterocycles. The van der Waals surface area contributed by atoms with Crippen LogP contribution in [0.1, 0.15) is 43.2 Å². The lowest BCUT2D eigenvalue weighted by Gasteiger charge is -1.95. The van der Waals surface area contributed by atoms with Gasteiger partial charge in [0.25, 0.3) is 0 Å². The largest absolute Gasteiger partial charge is 0.294 e. The maximum absolute atomic E-state index is 11.6. The number of aromatic nitrogens is 4. The SMILES string of the molecule is CC.CCC(=O)c1cn(-c2ncccn2)nc1C. The zero-order valence-electron chi connectivity index (χ0n) is 11.2. The van der Waals surface area contributed by atoms with Gasteiger partial charge in [-0.1, -0.05) is 20.8 Å². The zero-order valence-corrected chi connectivity index (χ0v) is 11.2. The van der Waals surface area contributed by atoms with E-state index >= 15 is 0 Å². The molecule has 0 unspecified atom stereocenters. The van der Waals surface area contributed by atoms with Crippen LogP contribution in [0, 0.1) is 6.92 Å². The van der Waals surface area contributed by atoms with E-state index in [2.05, 4.69) is 15.1 Å². The second-order valence-corrected chi connectivity index (χ2v) is 3.40. The number of aryl methyl sites for hydroxylation is 1. The number of hydrogen-bond donors (Lipinski definition) is 0. The van der Waals surface area contributed by atoms with Gasteiger partial charge in [0.15, 0.2) is 5.78 Å². The molecule has 2 rings (SSSR count). The predicted molar refractivity (Wildman–Crippen MR) is 69.9 cm³/mol. The number of carbonyl (C=O) groups is 1. The topological polar surface area (TPSA) is 60.7 Å². The third kappa shape index (κ3) is 3.00. The summed E-state index contributed by atoms with van der Waals surface area (Å²) in [6.45, 7) is 7.64. The molecular weight excluding hydrogens is 228 g/mol. The molecule has 0 radical (unpaired) electrons. The second kappa shape index (κ2) is 6.64. The Kier molecular flexibility index (Phi) is 5.17. The number of Topliss-reactive ketones (excluding diaryl/α,β-unsaturated/α-hetero) is 1. The van der Waals surface area contributed by atoms with Crippen LogP contribution in [0.2, 0.25) is 0 Å². The average molecular weight is 246 g/mol. The van der Waals surface area contributed by atoms with Gasteiger partial charge in [0.2, 0.25) is 5.95 Å². The van der Waals surface area contributed by atoms with E-state index in [1.807, 2.05) is 27.7 Å². The molecule has 2 aromatic rings. The summed E-state index contributed by atoms with van der Waals surface area (Å²) in [4.78, 5) is 19.7. The van der Waals surface area contributed by atoms with Crippen molar-refractivity contribution in [3.63, 3.8) is 0 Å². The van der Waals surface area contributed by atoms with E-state index < -0.39 is 0 Å². The fourth-order valence-electron chi connectivity index (χ4n) is 1.44. The van der Waals surface area contributed by atoms with Crippen molar-refractivity contribution in [2.45, 2.75) is 34.1 Å².